The summed E-state index contributed by atoms with van der Waals surface area (Å²) in [5.41, 5.74) is 1.59. The maximum Gasteiger partial charge on any atom is 0.345 e. The molecule has 0 aliphatic carbocycles. The Labute approximate surface area is 243 Å². The van der Waals surface area contributed by atoms with Gasteiger partial charge in [-0.05, 0) is 66.2 Å². The summed E-state index contributed by atoms with van der Waals surface area (Å²) < 4.78 is 65.7. The molecule has 0 saturated carbocycles. The Bertz CT molecular complexity index is 1420. The largest absolute Gasteiger partial charge is 0.497 e. The summed E-state index contributed by atoms with van der Waals surface area (Å²) in [6.45, 7) is -1.50. The van der Waals surface area contributed by atoms with Gasteiger partial charge in [-0.1, -0.05) is 19.1 Å². The van der Waals surface area contributed by atoms with Crippen LogP contribution in [-0.4, -0.2) is 70.8 Å². The van der Waals surface area contributed by atoms with E-state index in [9.17, 15) is 27.1 Å². The zero-order chi connectivity index (χ0) is 30.3. The number of ether oxygens (including phenoxy) is 3. The van der Waals surface area contributed by atoms with Crippen molar-refractivity contribution in [3.63, 3.8) is 0 Å². The van der Waals surface area contributed by atoms with E-state index < -0.39 is 35.0 Å². The van der Waals surface area contributed by atoms with Gasteiger partial charge >= 0.3 is 6.61 Å². The topological polar surface area (TPSA) is 114 Å². The molecule has 42 heavy (non-hydrogen) atoms. The number of hydrogen-bond acceptors (Lipinski definition) is 8. The Balaban J connectivity index is 1.43. The second-order valence-electron chi connectivity index (χ2n) is 9.78. The molecule has 1 aliphatic heterocycles. The van der Waals surface area contributed by atoms with Crippen LogP contribution in [0.5, 0.6) is 11.5 Å². The molecule has 0 radical (unpaired) electrons. The maximum atomic E-state index is 13.0. The number of methoxy groups -OCH3 is 1. The number of amides is 1. The Morgan fingerprint density at radius 3 is 2.24 bits per heavy atom. The van der Waals surface area contributed by atoms with Gasteiger partial charge in [0.05, 0.1) is 49.6 Å². The molecular formula is C30H34F2N2O7S. The van der Waals surface area contributed by atoms with Gasteiger partial charge in [0, 0.05) is 17.7 Å². The van der Waals surface area contributed by atoms with Crippen LogP contribution in [0.3, 0.4) is 0 Å². The van der Waals surface area contributed by atoms with Gasteiger partial charge in [0.2, 0.25) is 0 Å². The van der Waals surface area contributed by atoms with Gasteiger partial charge in [0.25, 0.3) is 5.91 Å². The van der Waals surface area contributed by atoms with Crippen molar-refractivity contribution in [3.05, 3.63) is 83.9 Å². The molecule has 1 saturated heterocycles. The summed E-state index contributed by atoms with van der Waals surface area (Å²) in [6, 6.07) is 18.7. The van der Waals surface area contributed by atoms with Crippen molar-refractivity contribution in [2.45, 2.75) is 43.0 Å². The lowest BCUT2D eigenvalue weighted by molar-refractivity contribution is -0.131. The van der Waals surface area contributed by atoms with Gasteiger partial charge in [0.15, 0.2) is 9.84 Å². The number of benzene rings is 3. The molecule has 1 heterocycles. The molecule has 1 fully saturated rings. The second kappa shape index (κ2) is 14.0. The van der Waals surface area contributed by atoms with Crippen molar-refractivity contribution in [1.29, 1.82) is 0 Å². The van der Waals surface area contributed by atoms with E-state index in [-0.39, 0.29) is 29.4 Å². The minimum Gasteiger partial charge on any atom is -0.497 e. The highest BCUT2D eigenvalue weighted by Gasteiger charge is 2.34. The third-order valence-electron chi connectivity index (χ3n) is 7.12. The average Bonchev–Trinajstić information content (AvgIpc) is 3.41. The average molecular weight is 605 g/mol. The van der Waals surface area contributed by atoms with E-state index in [1.54, 1.807) is 74.7 Å². The van der Waals surface area contributed by atoms with Gasteiger partial charge in [0.1, 0.15) is 17.6 Å². The number of nitrogens with one attached hydrogen (secondary N) is 1. The van der Waals surface area contributed by atoms with E-state index in [1.807, 2.05) is 4.90 Å². The maximum absolute atomic E-state index is 13.0. The molecule has 1 amide bonds. The number of rotatable bonds is 13. The monoisotopic (exact) mass is 604 g/mol. The number of aliphatic hydroxyl groups is 1. The Hall–Kier alpha value is -3.74. The first-order valence-corrected chi connectivity index (χ1v) is 15.1. The smallest absolute Gasteiger partial charge is 0.345 e. The van der Waals surface area contributed by atoms with Crippen LogP contribution in [0, 0.1) is 0 Å². The molecule has 2 N–H and O–H groups in total. The number of halogens is 2. The van der Waals surface area contributed by atoms with E-state index in [4.69, 9.17) is 9.47 Å². The van der Waals surface area contributed by atoms with E-state index in [0.29, 0.717) is 41.3 Å². The molecule has 3 aromatic rings. The van der Waals surface area contributed by atoms with Crippen molar-refractivity contribution < 1.29 is 41.3 Å². The molecule has 0 aromatic heterocycles. The van der Waals surface area contributed by atoms with Crippen LogP contribution < -0.4 is 19.7 Å². The van der Waals surface area contributed by atoms with Crippen molar-refractivity contribution in [2.24, 2.45) is 0 Å². The number of alkyl halides is 2. The number of sulfone groups is 1. The van der Waals surface area contributed by atoms with Crippen LogP contribution in [0.1, 0.15) is 35.3 Å². The summed E-state index contributed by atoms with van der Waals surface area (Å²) in [5.74, 6) is 0.846. The lowest BCUT2D eigenvalue weighted by Gasteiger charge is -2.26. The Kier molecular flexibility index (Phi) is 10.4. The number of hydrogen-bond donors (Lipinski definition) is 2. The molecular weight excluding hydrogens is 570 g/mol. The standard InChI is InChI=1S/C30H34F2N2O7S/c1-3-42(37,38)27-14-6-20(7-15-27)28(18-35)33-29(36)21-4-8-22(9-5-21)34-17-26(16-23(34)19-40-30(31)32)41-25-12-10-24(39-2)11-13-25/h4-15,23,26,28,30,35H,3,16-19H2,1-2H3,(H,33,36)/t23?,26?,28-/m0/s1. The number of aliphatic hydroxyl groups excluding tert-OH is 1. The normalized spacial score (nSPS) is 17.7. The first-order valence-electron chi connectivity index (χ1n) is 13.4. The highest BCUT2D eigenvalue weighted by Crippen LogP contribution is 2.30. The number of carbonyl (C=O) groups is 1. The Morgan fingerprint density at radius 1 is 1.02 bits per heavy atom. The van der Waals surface area contributed by atoms with Crippen molar-refractivity contribution >= 4 is 21.4 Å². The fourth-order valence-electron chi connectivity index (χ4n) is 4.82. The predicted octanol–water partition coefficient (Wildman–Crippen LogP) is 4.22. The van der Waals surface area contributed by atoms with Crippen molar-refractivity contribution in [2.75, 3.05) is 37.5 Å². The zero-order valence-corrected chi connectivity index (χ0v) is 24.1. The van der Waals surface area contributed by atoms with Crippen LogP contribution in [0.2, 0.25) is 0 Å². The number of carbonyl (C=O) groups excluding carboxylic acids is 1. The third-order valence-corrected chi connectivity index (χ3v) is 8.87. The summed E-state index contributed by atoms with van der Waals surface area (Å²) in [5, 5.41) is 12.7. The summed E-state index contributed by atoms with van der Waals surface area (Å²) in [6.07, 6.45) is 0.175. The van der Waals surface area contributed by atoms with E-state index >= 15 is 0 Å². The molecule has 0 bridgehead atoms. The van der Waals surface area contributed by atoms with Crippen molar-refractivity contribution in [3.8, 4) is 11.5 Å². The Morgan fingerprint density at radius 2 is 1.67 bits per heavy atom. The van der Waals surface area contributed by atoms with Crippen LogP contribution >= 0.6 is 0 Å². The summed E-state index contributed by atoms with van der Waals surface area (Å²) in [7, 11) is -1.80. The lowest BCUT2D eigenvalue weighted by atomic mass is 10.1. The lowest BCUT2D eigenvalue weighted by Crippen LogP contribution is -2.34. The van der Waals surface area contributed by atoms with Crippen LogP contribution in [0.4, 0.5) is 14.5 Å². The predicted molar refractivity (Wildman–Crippen MR) is 153 cm³/mol. The summed E-state index contributed by atoms with van der Waals surface area (Å²) in [4.78, 5) is 15.1. The van der Waals surface area contributed by atoms with Crippen LogP contribution in [-0.2, 0) is 14.6 Å². The quantitative estimate of drug-likeness (QED) is 0.298. The molecule has 1 aliphatic rings. The SMILES string of the molecule is CCS(=O)(=O)c1ccc([C@H](CO)NC(=O)c2ccc(N3CC(Oc4ccc(OC)cc4)CC3COC(F)F)cc2)cc1. The minimum absolute atomic E-state index is 0.0315. The molecule has 3 atom stereocenters. The molecule has 0 spiro atoms. The fourth-order valence-corrected chi connectivity index (χ4v) is 5.70. The van der Waals surface area contributed by atoms with Gasteiger partial charge in [-0.3, -0.25) is 4.79 Å². The molecule has 12 heteroatoms. The number of nitrogens with zero attached hydrogens (tertiary/aromatic N) is 1. The highest BCUT2D eigenvalue weighted by molar-refractivity contribution is 7.91. The van der Waals surface area contributed by atoms with Gasteiger partial charge in [-0.15, -0.1) is 0 Å². The fraction of sp³-hybridized carbons (Fsp3) is 0.367. The number of anilines is 1. The van der Waals surface area contributed by atoms with Gasteiger partial charge < -0.3 is 29.5 Å². The first-order chi connectivity index (χ1) is 20.1. The summed E-state index contributed by atoms with van der Waals surface area (Å²) >= 11 is 0. The second-order valence-corrected chi connectivity index (χ2v) is 12.1. The molecule has 3 aromatic carbocycles. The first kappa shape index (κ1) is 31.2. The van der Waals surface area contributed by atoms with Crippen LogP contribution in [0.15, 0.2) is 77.7 Å². The van der Waals surface area contributed by atoms with E-state index in [2.05, 4.69) is 10.1 Å². The zero-order valence-electron chi connectivity index (χ0n) is 23.3. The van der Waals surface area contributed by atoms with Gasteiger partial charge in [-0.2, -0.15) is 8.78 Å². The van der Waals surface area contributed by atoms with E-state index in [0.717, 1.165) is 0 Å². The molecule has 2 unspecified atom stereocenters. The molecule has 9 nitrogen and oxygen atoms in total. The van der Waals surface area contributed by atoms with Gasteiger partial charge in [-0.25, -0.2) is 8.42 Å². The van der Waals surface area contributed by atoms with Crippen LogP contribution in [0.25, 0.3) is 0 Å². The highest BCUT2D eigenvalue weighted by atomic mass is 32.2. The minimum atomic E-state index is -3.37. The van der Waals surface area contributed by atoms with Crippen molar-refractivity contribution in [1.82, 2.24) is 5.32 Å². The third kappa shape index (κ3) is 7.75. The molecule has 226 valence electrons. The van der Waals surface area contributed by atoms with E-state index in [1.165, 1.54) is 12.1 Å². The molecule has 4 rings (SSSR count).